The molecule has 1 fully saturated rings. The number of imide groups is 1. The van der Waals surface area contributed by atoms with E-state index >= 15 is 0 Å². The number of nitrogens with two attached hydrogens (primary N) is 1. The van der Waals surface area contributed by atoms with E-state index in [0.29, 0.717) is 25.3 Å². The van der Waals surface area contributed by atoms with Gasteiger partial charge in [-0.3, -0.25) is 14.5 Å². The molecule has 14 heavy (non-hydrogen) atoms. The zero-order valence-electron chi connectivity index (χ0n) is 8.36. The molecular weight excluding hydrogens is 200 g/mol. The topological polar surface area (TPSA) is 63.4 Å². The molecular formula is C9H16N2O2S. The highest BCUT2D eigenvalue weighted by Gasteiger charge is 2.26. The van der Waals surface area contributed by atoms with Gasteiger partial charge in [-0.1, -0.05) is 6.92 Å². The lowest BCUT2D eigenvalue weighted by Gasteiger charge is -2.14. The highest BCUT2D eigenvalue weighted by atomic mass is 32.2. The van der Waals surface area contributed by atoms with Crippen molar-refractivity contribution in [3.8, 4) is 0 Å². The fourth-order valence-electron chi connectivity index (χ4n) is 1.27. The molecule has 1 aliphatic heterocycles. The maximum Gasteiger partial charge on any atom is 0.239 e. The Hall–Kier alpha value is -0.550. The van der Waals surface area contributed by atoms with Crippen LogP contribution >= 0.6 is 11.8 Å². The summed E-state index contributed by atoms with van der Waals surface area (Å²) >= 11 is 1.50. The summed E-state index contributed by atoms with van der Waals surface area (Å²) in [4.78, 5) is 24.1. The quantitative estimate of drug-likeness (QED) is 0.730. The Labute approximate surface area is 88.2 Å². The van der Waals surface area contributed by atoms with Gasteiger partial charge in [0, 0.05) is 24.8 Å². The van der Waals surface area contributed by atoms with Gasteiger partial charge in [0.2, 0.25) is 11.8 Å². The fourth-order valence-corrected chi connectivity index (χ4v) is 1.99. The molecule has 5 heteroatoms. The fraction of sp³-hybridized carbons (Fsp3) is 0.778. The molecule has 1 rings (SSSR count). The molecule has 0 bridgehead atoms. The Kier molecular flexibility index (Phi) is 4.41. The van der Waals surface area contributed by atoms with E-state index in [0.717, 1.165) is 6.42 Å². The summed E-state index contributed by atoms with van der Waals surface area (Å²) in [5, 5.41) is 0.275. The molecule has 0 aliphatic carbocycles. The van der Waals surface area contributed by atoms with Crippen molar-refractivity contribution in [2.45, 2.75) is 25.0 Å². The number of likely N-dealkylation sites (tertiary alicyclic amines) is 1. The second kappa shape index (κ2) is 5.36. The smallest absolute Gasteiger partial charge is 0.239 e. The van der Waals surface area contributed by atoms with Crippen LogP contribution in [0.4, 0.5) is 0 Å². The van der Waals surface area contributed by atoms with Gasteiger partial charge in [0.25, 0.3) is 0 Å². The number of rotatable bonds is 4. The zero-order chi connectivity index (χ0) is 10.6. The predicted octanol–water partition coefficient (Wildman–Crippen LogP) is 0.216. The van der Waals surface area contributed by atoms with E-state index in [9.17, 15) is 9.59 Å². The van der Waals surface area contributed by atoms with Gasteiger partial charge < -0.3 is 5.73 Å². The molecule has 1 atom stereocenters. The van der Waals surface area contributed by atoms with Crippen molar-refractivity contribution < 1.29 is 9.59 Å². The van der Waals surface area contributed by atoms with Gasteiger partial charge in [-0.15, -0.1) is 11.8 Å². The molecule has 0 aromatic carbocycles. The van der Waals surface area contributed by atoms with E-state index in [1.165, 1.54) is 16.7 Å². The molecule has 2 N–H and O–H groups in total. The van der Waals surface area contributed by atoms with Crippen LogP contribution in [0.2, 0.25) is 0 Å². The van der Waals surface area contributed by atoms with Crippen molar-refractivity contribution in [2.24, 2.45) is 5.73 Å². The lowest BCUT2D eigenvalue weighted by molar-refractivity contribution is -0.140. The van der Waals surface area contributed by atoms with Crippen molar-refractivity contribution in [3.63, 3.8) is 0 Å². The van der Waals surface area contributed by atoms with E-state index in [1.807, 2.05) is 6.92 Å². The summed E-state index contributed by atoms with van der Waals surface area (Å²) in [7, 11) is 0. The van der Waals surface area contributed by atoms with Gasteiger partial charge in [0.15, 0.2) is 0 Å². The van der Waals surface area contributed by atoms with E-state index in [4.69, 9.17) is 5.73 Å². The first-order valence-corrected chi connectivity index (χ1v) is 5.85. The molecule has 1 heterocycles. The normalized spacial score (nSPS) is 18.7. The van der Waals surface area contributed by atoms with E-state index in [1.54, 1.807) is 0 Å². The van der Waals surface area contributed by atoms with Gasteiger partial charge in [-0.25, -0.2) is 0 Å². The summed E-state index contributed by atoms with van der Waals surface area (Å²) in [5.41, 5.74) is 5.43. The van der Waals surface area contributed by atoms with Crippen molar-refractivity contribution in [3.05, 3.63) is 0 Å². The van der Waals surface area contributed by atoms with Crippen LogP contribution in [0.5, 0.6) is 0 Å². The number of hydrogen-bond donors (Lipinski definition) is 1. The molecule has 1 saturated heterocycles. The Balaban J connectivity index is 2.31. The highest BCUT2D eigenvalue weighted by molar-refractivity contribution is 8.00. The number of thioether (sulfide) groups is 1. The Morgan fingerprint density at radius 3 is 2.93 bits per heavy atom. The number of carbonyl (C=O) groups excluding carboxylic acids is 2. The van der Waals surface area contributed by atoms with Gasteiger partial charge in [-0.2, -0.15) is 0 Å². The van der Waals surface area contributed by atoms with Crippen LogP contribution in [0.15, 0.2) is 0 Å². The third-order valence-electron chi connectivity index (χ3n) is 2.20. The standard InChI is InChI=1S/C9H16N2O2S/c1-7(5-10)14-6-9(13)11-4-2-3-8(11)12/h7H,2-6,10H2,1H3. The van der Waals surface area contributed by atoms with Crippen LogP contribution in [0.1, 0.15) is 19.8 Å². The SMILES string of the molecule is CC(CN)SCC(=O)N1CCCC1=O. The van der Waals surface area contributed by atoms with E-state index in [-0.39, 0.29) is 17.1 Å². The number of nitrogens with zero attached hydrogens (tertiary/aromatic N) is 1. The van der Waals surface area contributed by atoms with Crippen LogP contribution < -0.4 is 5.73 Å². The average Bonchev–Trinajstić information content (AvgIpc) is 2.60. The summed E-state index contributed by atoms with van der Waals surface area (Å²) in [6.45, 7) is 3.13. The zero-order valence-corrected chi connectivity index (χ0v) is 9.18. The van der Waals surface area contributed by atoms with Crippen molar-refractivity contribution in [2.75, 3.05) is 18.8 Å². The lowest BCUT2D eigenvalue weighted by atomic mass is 10.4. The monoisotopic (exact) mass is 216 g/mol. The minimum Gasteiger partial charge on any atom is -0.329 e. The Bertz CT molecular complexity index is 233. The maximum atomic E-state index is 11.5. The van der Waals surface area contributed by atoms with Crippen LogP contribution in [0.3, 0.4) is 0 Å². The Morgan fingerprint density at radius 1 is 1.71 bits per heavy atom. The first-order chi connectivity index (χ1) is 6.65. The Morgan fingerprint density at radius 2 is 2.43 bits per heavy atom. The molecule has 0 aromatic heterocycles. The minimum absolute atomic E-state index is 0.0315. The number of hydrogen-bond acceptors (Lipinski definition) is 4. The van der Waals surface area contributed by atoms with Gasteiger partial charge in [0.05, 0.1) is 5.75 Å². The molecule has 4 nitrogen and oxygen atoms in total. The van der Waals surface area contributed by atoms with Gasteiger partial charge >= 0.3 is 0 Å². The van der Waals surface area contributed by atoms with Crippen molar-refractivity contribution >= 4 is 23.6 Å². The average molecular weight is 216 g/mol. The van der Waals surface area contributed by atoms with Crippen molar-refractivity contribution in [1.29, 1.82) is 0 Å². The molecule has 0 radical (unpaired) electrons. The molecule has 0 spiro atoms. The first kappa shape index (κ1) is 11.5. The lowest BCUT2D eigenvalue weighted by Crippen LogP contribution is -2.33. The summed E-state index contributed by atoms with van der Waals surface area (Å²) < 4.78 is 0. The third-order valence-corrected chi connectivity index (χ3v) is 3.37. The van der Waals surface area contributed by atoms with E-state index < -0.39 is 0 Å². The number of amides is 2. The molecule has 2 amide bonds. The highest BCUT2D eigenvalue weighted by Crippen LogP contribution is 2.14. The minimum atomic E-state index is -0.0715. The van der Waals surface area contributed by atoms with Crippen LogP contribution in [-0.4, -0.2) is 40.8 Å². The van der Waals surface area contributed by atoms with Crippen LogP contribution in [0, 0.1) is 0 Å². The summed E-state index contributed by atoms with van der Waals surface area (Å²) in [6, 6.07) is 0. The van der Waals surface area contributed by atoms with Gasteiger partial charge in [-0.05, 0) is 6.42 Å². The largest absolute Gasteiger partial charge is 0.329 e. The molecule has 0 aromatic rings. The molecule has 1 aliphatic rings. The predicted molar refractivity (Wildman–Crippen MR) is 56.9 cm³/mol. The second-order valence-corrected chi connectivity index (χ2v) is 4.83. The molecule has 0 saturated carbocycles. The van der Waals surface area contributed by atoms with E-state index in [2.05, 4.69) is 0 Å². The third kappa shape index (κ3) is 2.99. The molecule has 80 valence electrons. The van der Waals surface area contributed by atoms with Crippen LogP contribution in [-0.2, 0) is 9.59 Å². The summed E-state index contributed by atoms with van der Waals surface area (Å²) in [6.07, 6.45) is 1.32. The molecule has 1 unspecified atom stereocenters. The van der Waals surface area contributed by atoms with Gasteiger partial charge in [0.1, 0.15) is 0 Å². The number of carbonyl (C=O) groups is 2. The summed E-state index contributed by atoms with van der Waals surface area (Å²) in [5.74, 6) is 0.262. The van der Waals surface area contributed by atoms with Crippen molar-refractivity contribution in [1.82, 2.24) is 4.90 Å². The van der Waals surface area contributed by atoms with Crippen LogP contribution in [0.25, 0.3) is 0 Å². The maximum absolute atomic E-state index is 11.5. The second-order valence-electron chi connectivity index (χ2n) is 3.40. The first-order valence-electron chi connectivity index (χ1n) is 4.80.